The fraction of sp³-hybridized carbons (Fsp3) is 0.440. The van der Waals surface area contributed by atoms with Crippen LogP contribution in [0, 0.1) is 13.8 Å². The number of piperidine rings is 1. The molecule has 0 aliphatic carbocycles. The van der Waals surface area contributed by atoms with E-state index in [2.05, 4.69) is 58.6 Å². The average Bonchev–Trinajstić information content (AvgIpc) is 3.30. The second-order valence-corrected chi connectivity index (χ2v) is 8.94. The van der Waals surface area contributed by atoms with Crippen molar-refractivity contribution < 1.29 is 5.11 Å². The van der Waals surface area contributed by atoms with Gasteiger partial charge in [-0.15, -0.1) is 0 Å². The molecule has 0 spiro atoms. The van der Waals surface area contributed by atoms with Gasteiger partial charge in [-0.2, -0.15) is 0 Å². The van der Waals surface area contributed by atoms with Crippen molar-refractivity contribution >= 4 is 22.1 Å². The molecule has 6 nitrogen and oxygen atoms in total. The summed E-state index contributed by atoms with van der Waals surface area (Å²) in [5, 5.41) is 11.0. The molecule has 0 saturated carbocycles. The predicted octanol–water partition coefficient (Wildman–Crippen LogP) is 4.10. The van der Waals surface area contributed by atoms with Crippen molar-refractivity contribution in [3.63, 3.8) is 0 Å². The van der Waals surface area contributed by atoms with Crippen LogP contribution in [0.4, 0.5) is 0 Å². The molecule has 2 N–H and O–H groups in total. The van der Waals surface area contributed by atoms with Crippen LogP contribution in [0.15, 0.2) is 30.3 Å². The zero-order valence-corrected chi connectivity index (χ0v) is 18.6. The highest BCUT2D eigenvalue weighted by molar-refractivity contribution is 5.81. The van der Waals surface area contributed by atoms with Crippen LogP contribution in [0.1, 0.15) is 48.1 Å². The van der Waals surface area contributed by atoms with Crippen LogP contribution in [-0.2, 0) is 19.5 Å². The van der Waals surface area contributed by atoms with Crippen LogP contribution < -0.4 is 0 Å². The van der Waals surface area contributed by atoms with E-state index in [-0.39, 0.29) is 6.10 Å². The number of benzene rings is 1. The number of hydrogen-bond donors (Lipinski definition) is 2. The SMILES string of the molecule is CCc1nc2c(C)cc(C)nc2n1Cc1ccc2[nH]c(CN3CCC(O)CC3)cc2c1. The molecule has 0 unspecified atom stereocenters. The Bertz CT molecular complexity index is 1230. The number of rotatable bonds is 5. The number of nitrogens with zero attached hydrogens (tertiary/aromatic N) is 4. The molecule has 1 aliphatic heterocycles. The number of aryl methyl sites for hydroxylation is 3. The Kier molecular flexibility index (Phi) is 5.28. The fourth-order valence-electron chi connectivity index (χ4n) is 4.81. The van der Waals surface area contributed by atoms with E-state index in [1.807, 2.05) is 6.92 Å². The van der Waals surface area contributed by atoms with E-state index in [0.717, 1.165) is 68.1 Å². The van der Waals surface area contributed by atoms with Gasteiger partial charge in [0.05, 0.1) is 12.6 Å². The Morgan fingerprint density at radius 1 is 1.06 bits per heavy atom. The number of H-pyrrole nitrogens is 1. The van der Waals surface area contributed by atoms with Crippen LogP contribution in [-0.4, -0.2) is 48.7 Å². The maximum absolute atomic E-state index is 9.73. The third kappa shape index (κ3) is 3.98. The maximum atomic E-state index is 9.73. The fourth-order valence-corrected chi connectivity index (χ4v) is 4.81. The Hall–Kier alpha value is -2.70. The number of aromatic nitrogens is 4. The molecule has 1 aromatic carbocycles. The number of likely N-dealkylation sites (tertiary alicyclic amines) is 1. The predicted molar refractivity (Wildman–Crippen MR) is 124 cm³/mol. The van der Waals surface area contributed by atoms with Gasteiger partial charge in [0.15, 0.2) is 5.65 Å². The lowest BCUT2D eigenvalue weighted by Gasteiger charge is -2.28. The molecule has 1 aliphatic rings. The summed E-state index contributed by atoms with van der Waals surface area (Å²) in [5.74, 6) is 1.08. The zero-order valence-electron chi connectivity index (χ0n) is 18.6. The molecule has 1 saturated heterocycles. The summed E-state index contributed by atoms with van der Waals surface area (Å²) in [6, 6.07) is 11.0. The number of pyridine rings is 1. The van der Waals surface area contributed by atoms with Gasteiger partial charge in [-0.1, -0.05) is 13.0 Å². The van der Waals surface area contributed by atoms with Crippen molar-refractivity contribution in [3.05, 3.63) is 58.7 Å². The van der Waals surface area contributed by atoms with E-state index in [1.165, 1.54) is 27.7 Å². The minimum absolute atomic E-state index is 0.129. The topological polar surface area (TPSA) is 70.0 Å². The van der Waals surface area contributed by atoms with Crippen LogP contribution in [0.5, 0.6) is 0 Å². The second-order valence-electron chi connectivity index (χ2n) is 8.94. The average molecular weight is 418 g/mol. The molecular weight excluding hydrogens is 386 g/mol. The molecule has 3 aromatic heterocycles. The highest BCUT2D eigenvalue weighted by Gasteiger charge is 2.18. The normalized spacial score (nSPS) is 16.0. The van der Waals surface area contributed by atoms with Crippen molar-refractivity contribution in [1.29, 1.82) is 0 Å². The van der Waals surface area contributed by atoms with Gasteiger partial charge in [0.1, 0.15) is 11.3 Å². The minimum atomic E-state index is -0.129. The summed E-state index contributed by atoms with van der Waals surface area (Å²) in [6.45, 7) is 9.92. The summed E-state index contributed by atoms with van der Waals surface area (Å²) in [5.41, 5.74) is 7.88. The third-order valence-electron chi connectivity index (χ3n) is 6.45. The molecule has 1 fully saturated rings. The summed E-state index contributed by atoms with van der Waals surface area (Å²) in [7, 11) is 0. The van der Waals surface area contributed by atoms with Gasteiger partial charge in [0, 0.05) is 48.3 Å². The number of imidazole rings is 1. The first-order valence-electron chi connectivity index (χ1n) is 11.3. The van der Waals surface area contributed by atoms with Gasteiger partial charge in [0.25, 0.3) is 0 Å². The molecule has 0 radical (unpaired) electrons. The summed E-state index contributed by atoms with van der Waals surface area (Å²) in [4.78, 5) is 15.7. The highest BCUT2D eigenvalue weighted by Crippen LogP contribution is 2.24. The molecule has 5 rings (SSSR count). The third-order valence-corrected chi connectivity index (χ3v) is 6.45. The molecule has 4 heterocycles. The lowest BCUT2D eigenvalue weighted by molar-refractivity contribution is 0.0788. The van der Waals surface area contributed by atoms with Crippen molar-refractivity contribution in [3.8, 4) is 0 Å². The molecule has 0 bridgehead atoms. The number of aliphatic hydroxyl groups is 1. The molecular formula is C25H31N5O. The van der Waals surface area contributed by atoms with Crippen molar-refractivity contribution in [2.24, 2.45) is 0 Å². The summed E-state index contributed by atoms with van der Waals surface area (Å²) >= 11 is 0. The Morgan fingerprint density at radius 2 is 1.87 bits per heavy atom. The molecule has 0 amide bonds. The van der Waals surface area contributed by atoms with E-state index in [1.54, 1.807) is 0 Å². The van der Waals surface area contributed by atoms with Crippen LogP contribution in [0.25, 0.3) is 22.1 Å². The van der Waals surface area contributed by atoms with Crippen LogP contribution in [0.2, 0.25) is 0 Å². The first-order valence-corrected chi connectivity index (χ1v) is 11.3. The van der Waals surface area contributed by atoms with E-state index in [0.29, 0.717) is 0 Å². The first kappa shape index (κ1) is 20.2. The monoisotopic (exact) mass is 417 g/mol. The van der Waals surface area contributed by atoms with E-state index >= 15 is 0 Å². The highest BCUT2D eigenvalue weighted by atomic mass is 16.3. The standard InChI is InChI=1S/C25H31N5O/c1-4-23-28-24-16(2)11-17(3)26-25(24)30(23)14-18-5-6-22-19(12-18)13-20(27-22)15-29-9-7-21(31)8-10-29/h5-6,11-13,21,27,31H,4,7-10,14-15H2,1-3H3. The van der Waals surface area contributed by atoms with Gasteiger partial charge in [-0.05, 0) is 62.1 Å². The largest absolute Gasteiger partial charge is 0.393 e. The van der Waals surface area contributed by atoms with Crippen molar-refractivity contribution in [2.45, 2.75) is 59.2 Å². The van der Waals surface area contributed by atoms with E-state index < -0.39 is 0 Å². The number of nitrogens with one attached hydrogen (secondary N) is 1. The van der Waals surface area contributed by atoms with Crippen molar-refractivity contribution in [2.75, 3.05) is 13.1 Å². The van der Waals surface area contributed by atoms with E-state index in [4.69, 9.17) is 9.97 Å². The van der Waals surface area contributed by atoms with Gasteiger partial charge in [-0.25, -0.2) is 9.97 Å². The number of aliphatic hydroxyl groups excluding tert-OH is 1. The number of fused-ring (bicyclic) bond motifs is 2. The number of aromatic amines is 1. The summed E-state index contributed by atoms with van der Waals surface area (Å²) in [6.07, 6.45) is 2.50. The molecule has 31 heavy (non-hydrogen) atoms. The Morgan fingerprint density at radius 3 is 2.65 bits per heavy atom. The Balaban J connectivity index is 1.42. The molecule has 0 atom stereocenters. The first-order chi connectivity index (χ1) is 15.0. The van der Waals surface area contributed by atoms with Gasteiger partial charge >= 0.3 is 0 Å². The van der Waals surface area contributed by atoms with Gasteiger partial charge in [-0.3, -0.25) is 4.90 Å². The minimum Gasteiger partial charge on any atom is -0.393 e. The molecule has 6 heteroatoms. The summed E-state index contributed by atoms with van der Waals surface area (Å²) < 4.78 is 2.27. The van der Waals surface area contributed by atoms with Gasteiger partial charge in [0.2, 0.25) is 0 Å². The quantitative estimate of drug-likeness (QED) is 0.513. The maximum Gasteiger partial charge on any atom is 0.160 e. The lowest BCUT2D eigenvalue weighted by atomic mass is 10.1. The Labute approximate surface area is 182 Å². The zero-order chi connectivity index (χ0) is 21.5. The van der Waals surface area contributed by atoms with Gasteiger partial charge < -0.3 is 14.7 Å². The molecule has 4 aromatic rings. The van der Waals surface area contributed by atoms with Crippen LogP contribution in [0.3, 0.4) is 0 Å². The lowest BCUT2D eigenvalue weighted by Crippen LogP contribution is -2.35. The van der Waals surface area contributed by atoms with Crippen molar-refractivity contribution in [1.82, 2.24) is 24.4 Å². The second kappa shape index (κ2) is 8.09. The molecule has 162 valence electrons. The van der Waals surface area contributed by atoms with Crippen LogP contribution >= 0.6 is 0 Å². The smallest absolute Gasteiger partial charge is 0.160 e. The number of hydrogen-bond acceptors (Lipinski definition) is 4. The van der Waals surface area contributed by atoms with E-state index in [9.17, 15) is 5.11 Å².